The van der Waals surface area contributed by atoms with E-state index in [0.29, 0.717) is 31.8 Å². The Morgan fingerprint density at radius 1 is 1.28 bits per heavy atom. The molecule has 2 amide bonds. The van der Waals surface area contributed by atoms with Gasteiger partial charge in [0, 0.05) is 45.7 Å². The fourth-order valence-electron chi connectivity index (χ4n) is 4.03. The largest absolute Gasteiger partial charge is 0.383 e. The van der Waals surface area contributed by atoms with Crippen LogP contribution in [-0.4, -0.2) is 66.5 Å². The third-order valence-corrected chi connectivity index (χ3v) is 5.67. The van der Waals surface area contributed by atoms with Crippen LogP contribution < -0.4 is 0 Å². The Morgan fingerprint density at radius 2 is 2.04 bits per heavy atom. The summed E-state index contributed by atoms with van der Waals surface area (Å²) in [5, 5.41) is 0. The summed E-state index contributed by atoms with van der Waals surface area (Å²) in [6.45, 7) is 5.26. The second-order valence-corrected chi connectivity index (χ2v) is 7.15. The minimum atomic E-state index is -0.285. The number of methoxy groups -OCH3 is 1. The van der Waals surface area contributed by atoms with Crippen LogP contribution in [0, 0.1) is 12.3 Å². The van der Waals surface area contributed by atoms with Crippen LogP contribution in [-0.2, 0) is 9.53 Å². The zero-order valence-electron chi connectivity index (χ0n) is 15.2. The molecule has 2 aliphatic rings. The lowest BCUT2D eigenvalue weighted by molar-refractivity contribution is -0.150. The molecule has 0 saturated carbocycles. The number of pyridine rings is 1. The number of amides is 2. The normalized spacial score (nSPS) is 20.2. The molecule has 0 atom stereocenters. The molecule has 6 nitrogen and oxygen atoms in total. The molecule has 1 aromatic rings. The number of nitrogens with zero attached hydrogens (tertiary/aromatic N) is 3. The molecule has 136 valence electrons. The van der Waals surface area contributed by atoms with Crippen LogP contribution in [0.15, 0.2) is 18.5 Å². The fraction of sp³-hybridized carbons (Fsp3) is 0.632. The predicted molar refractivity (Wildman–Crippen MR) is 94.2 cm³/mol. The molecule has 2 saturated heterocycles. The monoisotopic (exact) mass is 345 g/mol. The summed E-state index contributed by atoms with van der Waals surface area (Å²) in [7, 11) is 1.66. The standard InChI is InChI=1S/C19H27N3O3/c1-15-4-8-20-14-16(15)17(23)21-10-6-19(7-11-21)5-3-9-22(18(19)24)12-13-25-2/h4,8,14H,3,5-7,9-13H2,1-2H3. The van der Waals surface area contributed by atoms with Crippen molar-refractivity contribution in [3.8, 4) is 0 Å². The molecule has 0 bridgehead atoms. The van der Waals surface area contributed by atoms with E-state index in [2.05, 4.69) is 4.98 Å². The van der Waals surface area contributed by atoms with Crippen molar-refractivity contribution in [1.82, 2.24) is 14.8 Å². The second kappa shape index (κ2) is 7.52. The molecule has 0 radical (unpaired) electrons. The number of aryl methyl sites for hydroxylation is 1. The Kier molecular flexibility index (Phi) is 5.37. The van der Waals surface area contributed by atoms with Gasteiger partial charge in [-0.1, -0.05) is 0 Å². The van der Waals surface area contributed by atoms with Gasteiger partial charge in [-0.25, -0.2) is 0 Å². The fourth-order valence-corrected chi connectivity index (χ4v) is 4.03. The van der Waals surface area contributed by atoms with Crippen LogP contribution in [0.4, 0.5) is 0 Å². The summed E-state index contributed by atoms with van der Waals surface area (Å²) in [5.41, 5.74) is 1.32. The number of rotatable bonds is 4. The molecular weight excluding hydrogens is 318 g/mol. The number of likely N-dealkylation sites (tertiary alicyclic amines) is 2. The van der Waals surface area contributed by atoms with Gasteiger partial charge in [-0.2, -0.15) is 0 Å². The highest BCUT2D eigenvalue weighted by Gasteiger charge is 2.46. The number of hydrogen-bond donors (Lipinski definition) is 0. The molecule has 3 rings (SSSR count). The van der Waals surface area contributed by atoms with Crippen molar-refractivity contribution in [2.45, 2.75) is 32.6 Å². The number of carbonyl (C=O) groups is 2. The second-order valence-electron chi connectivity index (χ2n) is 7.15. The van der Waals surface area contributed by atoms with E-state index in [-0.39, 0.29) is 17.2 Å². The van der Waals surface area contributed by atoms with Crippen LogP contribution in [0.1, 0.15) is 41.6 Å². The molecule has 0 aromatic carbocycles. The van der Waals surface area contributed by atoms with Gasteiger partial charge in [0.15, 0.2) is 0 Å². The molecule has 0 N–H and O–H groups in total. The molecule has 6 heteroatoms. The zero-order valence-corrected chi connectivity index (χ0v) is 15.2. The highest BCUT2D eigenvalue weighted by atomic mass is 16.5. The third kappa shape index (κ3) is 3.54. The summed E-state index contributed by atoms with van der Waals surface area (Å²) in [6, 6.07) is 1.86. The smallest absolute Gasteiger partial charge is 0.255 e. The topological polar surface area (TPSA) is 62.7 Å². The SMILES string of the molecule is COCCN1CCCC2(CCN(C(=O)c3cnccc3C)CC2)C1=O. The van der Waals surface area contributed by atoms with Crippen molar-refractivity contribution in [3.05, 3.63) is 29.6 Å². The van der Waals surface area contributed by atoms with E-state index in [9.17, 15) is 9.59 Å². The molecule has 3 heterocycles. The van der Waals surface area contributed by atoms with Crippen LogP contribution in [0.3, 0.4) is 0 Å². The Bertz CT molecular complexity index is 639. The van der Waals surface area contributed by atoms with Gasteiger partial charge in [0.05, 0.1) is 17.6 Å². The molecule has 1 aromatic heterocycles. The summed E-state index contributed by atoms with van der Waals surface area (Å²) in [6.07, 6.45) is 6.81. The van der Waals surface area contributed by atoms with Gasteiger partial charge < -0.3 is 14.5 Å². The maximum atomic E-state index is 13.0. The maximum absolute atomic E-state index is 13.0. The van der Waals surface area contributed by atoms with Crippen LogP contribution >= 0.6 is 0 Å². The summed E-state index contributed by atoms with van der Waals surface area (Å²) in [5.74, 6) is 0.278. The number of carbonyl (C=O) groups excluding carboxylic acids is 2. The van der Waals surface area contributed by atoms with E-state index < -0.39 is 0 Å². The van der Waals surface area contributed by atoms with Gasteiger partial charge in [-0.3, -0.25) is 14.6 Å². The highest BCUT2D eigenvalue weighted by molar-refractivity contribution is 5.95. The van der Waals surface area contributed by atoms with E-state index in [1.807, 2.05) is 22.8 Å². The molecule has 0 unspecified atom stereocenters. The molecule has 1 spiro atoms. The van der Waals surface area contributed by atoms with Crippen molar-refractivity contribution in [3.63, 3.8) is 0 Å². The Hall–Kier alpha value is -1.95. The van der Waals surface area contributed by atoms with E-state index in [0.717, 1.165) is 37.8 Å². The summed E-state index contributed by atoms with van der Waals surface area (Å²) >= 11 is 0. The predicted octanol–water partition coefficient (Wildman–Crippen LogP) is 1.88. The molecular formula is C19H27N3O3. The molecule has 0 aliphatic carbocycles. The lowest BCUT2D eigenvalue weighted by atomic mass is 9.71. The molecule has 25 heavy (non-hydrogen) atoms. The van der Waals surface area contributed by atoms with Gasteiger partial charge in [-0.05, 0) is 44.2 Å². The first-order valence-corrected chi connectivity index (χ1v) is 9.06. The van der Waals surface area contributed by atoms with Crippen molar-refractivity contribution in [2.75, 3.05) is 39.9 Å². The number of ether oxygens (including phenoxy) is 1. The van der Waals surface area contributed by atoms with Gasteiger partial charge in [0.2, 0.25) is 5.91 Å². The molecule has 2 aliphatic heterocycles. The first-order valence-electron chi connectivity index (χ1n) is 9.06. The highest BCUT2D eigenvalue weighted by Crippen LogP contribution is 2.41. The van der Waals surface area contributed by atoms with Gasteiger partial charge in [-0.15, -0.1) is 0 Å². The van der Waals surface area contributed by atoms with Crippen LogP contribution in [0.5, 0.6) is 0 Å². The third-order valence-electron chi connectivity index (χ3n) is 5.67. The van der Waals surface area contributed by atoms with Gasteiger partial charge in [0.1, 0.15) is 0 Å². The first kappa shape index (κ1) is 17.9. The Balaban J connectivity index is 1.65. The number of piperidine rings is 2. The first-order chi connectivity index (χ1) is 12.1. The average molecular weight is 345 g/mol. The van der Waals surface area contributed by atoms with E-state index >= 15 is 0 Å². The quantitative estimate of drug-likeness (QED) is 0.836. The zero-order chi connectivity index (χ0) is 17.9. The van der Waals surface area contributed by atoms with Gasteiger partial charge in [0.25, 0.3) is 5.91 Å². The average Bonchev–Trinajstić information content (AvgIpc) is 2.64. The van der Waals surface area contributed by atoms with E-state index in [1.54, 1.807) is 19.5 Å². The van der Waals surface area contributed by atoms with Crippen molar-refractivity contribution in [2.24, 2.45) is 5.41 Å². The number of hydrogen-bond acceptors (Lipinski definition) is 4. The van der Waals surface area contributed by atoms with E-state index in [4.69, 9.17) is 4.74 Å². The van der Waals surface area contributed by atoms with Crippen molar-refractivity contribution in [1.29, 1.82) is 0 Å². The van der Waals surface area contributed by atoms with Gasteiger partial charge >= 0.3 is 0 Å². The number of aromatic nitrogens is 1. The van der Waals surface area contributed by atoms with Crippen LogP contribution in [0.2, 0.25) is 0 Å². The summed E-state index contributed by atoms with van der Waals surface area (Å²) in [4.78, 5) is 33.6. The Morgan fingerprint density at radius 3 is 2.72 bits per heavy atom. The maximum Gasteiger partial charge on any atom is 0.255 e. The minimum absolute atomic E-state index is 0.0277. The van der Waals surface area contributed by atoms with Crippen LogP contribution in [0.25, 0.3) is 0 Å². The Labute approximate surface area is 149 Å². The lowest BCUT2D eigenvalue weighted by Gasteiger charge is -2.46. The summed E-state index contributed by atoms with van der Waals surface area (Å²) < 4.78 is 5.12. The lowest BCUT2D eigenvalue weighted by Crippen LogP contribution is -2.54. The van der Waals surface area contributed by atoms with Crippen molar-refractivity contribution >= 4 is 11.8 Å². The van der Waals surface area contributed by atoms with Crippen molar-refractivity contribution < 1.29 is 14.3 Å². The minimum Gasteiger partial charge on any atom is -0.383 e. The molecule has 2 fully saturated rings. The van der Waals surface area contributed by atoms with E-state index in [1.165, 1.54) is 0 Å².